The quantitative estimate of drug-likeness (QED) is 0.356. The SMILES string of the molecule is C[Si](C)(C)O[Se](=O)(=O)c1c(F)c(F)c(F)c(F)c1F. The summed E-state index contributed by atoms with van der Waals surface area (Å²) >= 11 is -5.93. The third-order valence-electron chi connectivity index (χ3n) is 1.78. The van der Waals surface area contributed by atoms with Crippen LogP contribution in [0.1, 0.15) is 0 Å². The number of hydrogen-bond donors (Lipinski definition) is 0. The Labute approximate surface area is 108 Å². The van der Waals surface area contributed by atoms with Crippen molar-refractivity contribution in [1.29, 1.82) is 0 Å². The third kappa shape index (κ3) is 3.19. The van der Waals surface area contributed by atoms with Gasteiger partial charge in [0.15, 0.2) is 0 Å². The van der Waals surface area contributed by atoms with Gasteiger partial charge in [0.25, 0.3) is 0 Å². The summed E-state index contributed by atoms with van der Waals surface area (Å²) in [6.45, 7) is 4.17. The molecule has 0 aromatic heterocycles. The van der Waals surface area contributed by atoms with Crippen molar-refractivity contribution in [1.82, 2.24) is 0 Å². The van der Waals surface area contributed by atoms with E-state index in [-0.39, 0.29) is 0 Å². The van der Waals surface area contributed by atoms with Crippen molar-refractivity contribution in [2.75, 3.05) is 0 Å². The molecule has 0 N–H and O–H groups in total. The van der Waals surface area contributed by atoms with Crippen molar-refractivity contribution in [2.24, 2.45) is 0 Å². The average molecular weight is 367 g/mol. The van der Waals surface area contributed by atoms with Gasteiger partial charge in [-0.2, -0.15) is 0 Å². The summed E-state index contributed by atoms with van der Waals surface area (Å²) < 4.78 is 91.2. The summed E-state index contributed by atoms with van der Waals surface area (Å²) in [4.78, 5) is 0. The Morgan fingerprint density at radius 3 is 1.42 bits per heavy atom. The van der Waals surface area contributed by atoms with Crippen LogP contribution in [0.4, 0.5) is 22.0 Å². The van der Waals surface area contributed by atoms with Gasteiger partial charge >= 0.3 is 108 Å². The van der Waals surface area contributed by atoms with Gasteiger partial charge in [0, 0.05) is 0 Å². The van der Waals surface area contributed by atoms with E-state index in [9.17, 15) is 29.6 Å². The molecule has 10 heteroatoms. The first-order valence-electron chi connectivity index (χ1n) is 4.85. The molecule has 0 radical (unpaired) electrons. The Morgan fingerprint density at radius 1 is 0.789 bits per heavy atom. The van der Waals surface area contributed by atoms with Gasteiger partial charge in [0.1, 0.15) is 0 Å². The number of halogens is 5. The predicted molar refractivity (Wildman–Crippen MR) is 57.4 cm³/mol. The van der Waals surface area contributed by atoms with Crippen LogP contribution in [0.15, 0.2) is 0 Å². The van der Waals surface area contributed by atoms with Gasteiger partial charge in [0.2, 0.25) is 0 Å². The molecular formula is C9H9F5O3SeSi. The Kier molecular flexibility index (Phi) is 4.21. The zero-order valence-electron chi connectivity index (χ0n) is 10.0. The van der Waals surface area contributed by atoms with Gasteiger partial charge in [-0.05, 0) is 0 Å². The summed E-state index contributed by atoms with van der Waals surface area (Å²) in [6, 6.07) is 0. The van der Waals surface area contributed by atoms with Crippen molar-refractivity contribution in [3.05, 3.63) is 29.1 Å². The first-order valence-corrected chi connectivity index (χ1v) is 11.2. The standard InChI is InChI=1S/C9H9F5O3SeSi/c1-19(2,3)17-18(15,16)9-7(13)5(11)4(10)6(12)8(9)14/h1-3H3. The van der Waals surface area contributed by atoms with Crippen LogP contribution in [-0.2, 0) is 11.2 Å². The van der Waals surface area contributed by atoms with Crippen LogP contribution >= 0.6 is 0 Å². The van der Waals surface area contributed by atoms with Crippen LogP contribution in [-0.4, -0.2) is 21.4 Å². The second-order valence-electron chi connectivity index (χ2n) is 4.55. The summed E-state index contributed by atoms with van der Waals surface area (Å²) in [5.41, 5.74) is 0. The monoisotopic (exact) mass is 368 g/mol. The van der Waals surface area contributed by atoms with Gasteiger partial charge in [-0.15, -0.1) is 0 Å². The molecule has 1 aromatic carbocycles. The Bertz CT molecular complexity index is 595. The molecule has 0 saturated carbocycles. The topological polar surface area (TPSA) is 43.4 Å². The Morgan fingerprint density at radius 2 is 1.11 bits per heavy atom. The maximum atomic E-state index is 13.3. The minimum absolute atomic E-state index is 1.39. The summed E-state index contributed by atoms with van der Waals surface area (Å²) in [5, 5.41) is 0. The van der Waals surface area contributed by atoms with Gasteiger partial charge < -0.3 is 0 Å². The molecule has 1 aromatic rings. The van der Waals surface area contributed by atoms with Crippen molar-refractivity contribution >= 4 is 25.8 Å². The van der Waals surface area contributed by atoms with E-state index in [1.807, 2.05) is 0 Å². The molecule has 0 saturated heterocycles. The van der Waals surface area contributed by atoms with Crippen LogP contribution in [0.25, 0.3) is 0 Å². The number of benzene rings is 1. The van der Waals surface area contributed by atoms with E-state index in [2.05, 4.69) is 3.51 Å². The van der Waals surface area contributed by atoms with Crippen LogP contribution in [0.3, 0.4) is 0 Å². The molecule has 0 amide bonds. The molecule has 108 valence electrons. The molecule has 0 aliphatic rings. The molecule has 0 unspecified atom stereocenters. The Hall–Kier alpha value is -0.834. The second-order valence-corrected chi connectivity index (χ2v) is 12.8. The third-order valence-corrected chi connectivity index (χ3v) is 8.83. The molecule has 3 nitrogen and oxygen atoms in total. The Balaban J connectivity index is 3.61. The van der Waals surface area contributed by atoms with Gasteiger partial charge in [0.05, 0.1) is 0 Å². The maximum absolute atomic E-state index is 13.3. The summed E-state index contributed by atoms with van der Waals surface area (Å²) in [7, 11) is -2.80. The fraction of sp³-hybridized carbons (Fsp3) is 0.333. The molecule has 0 fully saturated rings. The molecule has 0 aliphatic carbocycles. The number of rotatable bonds is 3. The fourth-order valence-electron chi connectivity index (χ4n) is 1.18. The van der Waals surface area contributed by atoms with Gasteiger partial charge in [-0.1, -0.05) is 0 Å². The van der Waals surface area contributed by atoms with E-state index in [4.69, 9.17) is 0 Å². The molecule has 0 heterocycles. The number of hydrogen-bond acceptors (Lipinski definition) is 3. The summed E-state index contributed by atoms with van der Waals surface area (Å²) in [6.07, 6.45) is 0. The molecule has 0 atom stereocenters. The summed E-state index contributed by atoms with van der Waals surface area (Å²) in [5.74, 6) is -11.9. The van der Waals surface area contributed by atoms with Crippen molar-refractivity contribution in [2.45, 2.75) is 19.6 Å². The van der Waals surface area contributed by atoms with Crippen LogP contribution in [0, 0.1) is 29.1 Å². The van der Waals surface area contributed by atoms with Crippen LogP contribution in [0.5, 0.6) is 0 Å². The van der Waals surface area contributed by atoms with Gasteiger partial charge in [-0.3, -0.25) is 0 Å². The van der Waals surface area contributed by atoms with Gasteiger partial charge in [-0.25, -0.2) is 0 Å². The average Bonchev–Trinajstić information content (AvgIpc) is 2.20. The minimum atomic E-state index is -5.93. The predicted octanol–water partition coefficient (Wildman–Crippen LogP) is 2.24. The molecule has 0 aliphatic heterocycles. The molecule has 19 heavy (non-hydrogen) atoms. The van der Waals surface area contributed by atoms with E-state index in [1.165, 1.54) is 19.6 Å². The zero-order valence-corrected chi connectivity index (χ0v) is 12.7. The van der Waals surface area contributed by atoms with Crippen LogP contribution < -0.4 is 4.46 Å². The first kappa shape index (κ1) is 16.2. The van der Waals surface area contributed by atoms with Crippen molar-refractivity contribution < 1.29 is 33.1 Å². The van der Waals surface area contributed by atoms with E-state index in [0.717, 1.165) is 0 Å². The molecule has 0 spiro atoms. The fourth-order valence-corrected chi connectivity index (χ4v) is 7.88. The second kappa shape index (κ2) is 4.93. The van der Waals surface area contributed by atoms with Crippen molar-refractivity contribution in [3.63, 3.8) is 0 Å². The van der Waals surface area contributed by atoms with Crippen molar-refractivity contribution in [3.8, 4) is 0 Å². The molecule has 0 bridgehead atoms. The van der Waals surface area contributed by atoms with Crippen LogP contribution in [0.2, 0.25) is 19.6 Å². The zero-order chi connectivity index (χ0) is 15.2. The van der Waals surface area contributed by atoms with E-state index in [1.54, 1.807) is 0 Å². The first-order chi connectivity index (χ1) is 8.38. The van der Waals surface area contributed by atoms with E-state index >= 15 is 0 Å². The van der Waals surface area contributed by atoms with E-state index in [0.29, 0.717) is 0 Å². The normalized spacial score (nSPS) is 12.8. The van der Waals surface area contributed by atoms with E-state index < -0.39 is 54.9 Å². The molecular weight excluding hydrogens is 358 g/mol. The molecule has 1 rings (SSSR count).